The largest absolute Gasteiger partial charge is 0.456 e. The molecule has 0 aliphatic rings. The third-order valence-corrected chi connectivity index (χ3v) is 13.1. The molecule has 0 spiro atoms. The number of para-hydroxylation sites is 5. The van der Waals surface area contributed by atoms with Crippen molar-refractivity contribution in [2.45, 2.75) is 0 Å². The summed E-state index contributed by atoms with van der Waals surface area (Å²) in [5.41, 5.74) is 14.0. The molecule has 4 heterocycles. The van der Waals surface area contributed by atoms with Crippen LogP contribution in [0.5, 0.6) is 0 Å². The minimum Gasteiger partial charge on any atom is -0.456 e. The second-order valence-corrected chi connectivity index (χ2v) is 16.5. The van der Waals surface area contributed by atoms with E-state index in [1.807, 2.05) is 36.4 Å². The molecule has 0 bridgehead atoms. The maximum Gasteiger partial charge on any atom is 0.135 e. The summed E-state index contributed by atoms with van der Waals surface area (Å²) in [4.78, 5) is 10.6. The zero-order valence-corrected chi connectivity index (χ0v) is 33.8. The molecule has 0 atom stereocenters. The van der Waals surface area contributed by atoms with Gasteiger partial charge in [0.2, 0.25) is 0 Å². The number of fused-ring (bicyclic) bond motifs is 13. The SMILES string of the molecule is c1ccc2c(-n3c4ccccc4c4c5ccccc5ccc43)c3c4ccccc4n(-c4ccc(-c5nc6ccccc6nc5-c5ccc6oc7ccccc7c6c5)cc4)c3cc2c1. The molecule has 14 rings (SSSR count). The van der Waals surface area contributed by atoms with Gasteiger partial charge in [0.15, 0.2) is 0 Å². The van der Waals surface area contributed by atoms with E-state index in [0.29, 0.717) is 0 Å². The standard InChI is InChI=1S/C58H34N4O/c1-3-15-40-35(13-1)27-31-50-54(40)43-18-5-11-23-49(43)62(50)58-41-16-4-2-14-37(41)34-51-55(58)44-19-6-10-22-48(44)61(51)39-29-25-36(26-30-39)56-57(60-47-21-9-8-20-46(47)59-56)38-28-32-53-45(33-38)42-17-7-12-24-52(42)63-53/h1-34H. The Labute approximate surface area is 360 Å². The van der Waals surface area contributed by atoms with Gasteiger partial charge >= 0.3 is 0 Å². The number of furan rings is 1. The second kappa shape index (κ2) is 13.0. The van der Waals surface area contributed by atoms with Gasteiger partial charge in [-0.05, 0) is 89.0 Å². The first-order valence-electron chi connectivity index (χ1n) is 21.4. The normalized spacial score (nSPS) is 12.1. The predicted octanol–water partition coefficient (Wildman–Crippen LogP) is 15.4. The third kappa shape index (κ3) is 4.93. The lowest BCUT2D eigenvalue weighted by atomic mass is 10.0. The van der Waals surface area contributed by atoms with E-state index in [4.69, 9.17) is 14.4 Å². The number of hydrogen-bond acceptors (Lipinski definition) is 3. The molecule has 0 unspecified atom stereocenters. The Bertz CT molecular complexity index is 4210. The first-order valence-corrected chi connectivity index (χ1v) is 21.4. The molecule has 14 aromatic rings. The van der Waals surface area contributed by atoms with Crippen LogP contribution in [0.25, 0.3) is 132 Å². The van der Waals surface area contributed by atoms with E-state index in [0.717, 1.165) is 72.2 Å². The van der Waals surface area contributed by atoms with Gasteiger partial charge < -0.3 is 13.6 Å². The Balaban J connectivity index is 1.01. The first-order chi connectivity index (χ1) is 31.2. The van der Waals surface area contributed by atoms with Gasteiger partial charge in [-0.2, -0.15) is 0 Å². The molecule has 10 aromatic carbocycles. The fourth-order valence-corrected chi connectivity index (χ4v) is 10.3. The van der Waals surface area contributed by atoms with Gasteiger partial charge in [0.25, 0.3) is 0 Å². The molecule has 0 N–H and O–H groups in total. The Morgan fingerprint density at radius 3 is 1.68 bits per heavy atom. The number of nitrogens with zero attached hydrogens (tertiary/aromatic N) is 4. The van der Waals surface area contributed by atoms with E-state index >= 15 is 0 Å². The lowest BCUT2D eigenvalue weighted by Gasteiger charge is -2.16. The van der Waals surface area contributed by atoms with Crippen molar-refractivity contribution in [1.29, 1.82) is 0 Å². The maximum absolute atomic E-state index is 6.20. The Morgan fingerprint density at radius 2 is 0.905 bits per heavy atom. The molecule has 0 amide bonds. The van der Waals surface area contributed by atoms with Crippen molar-refractivity contribution in [2.24, 2.45) is 0 Å². The number of hydrogen-bond donors (Lipinski definition) is 0. The van der Waals surface area contributed by atoms with Crippen LogP contribution in [0, 0.1) is 0 Å². The van der Waals surface area contributed by atoms with Crippen LogP contribution in [-0.2, 0) is 0 Å². The molecular formula is C58H34N4O. The fourth-order valence-electron chi connectivity index (χ4n) is 10.3. The number of benzene rings is 10. The summed E-state index contributed by atoms with van der Waals surface area (Å²) >= 11 is 0. The fraction of sp³-hybridized carbons (Fsp3) is 0. The smallest absolute Gasteiger partial charge is 0.135 e. The maximum atomic E-state index is 6.20. The second-order valence-electron chi connectivity index (χ2n) is 16.5. The first kappa shape index (κ1) is 34.2. The Kier molecular flexibility index (Phi) is 7.05. The van der Waals surface area contributed by atoms with E-state index in [-0.39, 0.29) is 0 Å². The Morgan fingerprint density at radius 1 is 0.333 bits per heavy atom. The zero-order valence-electron chi connectivity index (χ0n) is 33.8. The molecule has 0 saturated heterocycles. The highest BCUT2D eigenvalue weighted by atomic mass is 16.3. The highest BCUT2D eigenvalue weighted by Crippen LogP contribution is 2.45. The summed E-state index contributed by atoms with van der Waals surface area (Å²) in [5, 5.41) is 12.0. The topological polar surface area (TPSA) is 48.8 Å². The van der Waals surface area contributed by atoms with Crippen LogP contribution in [0.2, 0.25) is 0 Å². The average molecular weight is 803 g/mol. The molecule has 4 aromatic heterocycles. The minimum absolute atomic E-state index is 0.834. The lowest BCUT2D eigenvalue weighted by Crippen LogP contribution is -1.99. The van der Waals surface area contributed by atoms with Crippen LogP contribution < -0.4 is 0 Å². The lowest BCUT2D eigenvalue weighted by molar-refractivity contribution is 0.669. The molecule has 0 aliphatic carbocycles. The van der Waals surface area contributed by atoms with Crippen molar-refractivity contribution in [3.63, 3.8) is 0 Å². The van der Waals surface area contributed by atoms with Crippen LogP contribution in [0.15, 0.2) is 211 Å². The minimum atomic E-state index is 0.834. The van der Waals surface area contributed by atoms with Gasteiger partial charge in [-0.15, -0.1) is 0 Å². The Hall–Kier alpha value is -8.54. The van der Waals surface area contributed by atoms with E-state index in [9.17, 15) is 0 Å². The molecule has 5 heteroatoms. The van der Waals surface area contributed by atoms with Gasteiger partial charge in [0.1, 0.15) is 11.2 Å². The van der Waals surface area contributed by atoms with Crippen molar-refractivity contribution >= 4 is 98.1 Å². The summed E-state index contributed by atoms with van der Waals surface area (Å²) in [6, 6.07) is 73.8. The molecular weight excluding hydrogens is 769 g/mol. The summed E-state index contributed by atoms with van der Waals surface area (Å²) in [6.07, 6.45) is 0. The van der Waals surface area contributed by atoms with Gasteiger partial charge in [-0.1, -0.05) is 133 Å². The van der Waals surface area contributed by atoms with E-state index in [1.54, 1.807) is 0 Å². The molecule has 0 saturated carbocycles. The monoisotopic (exact) mass is 802 g/mol. The van der Waals surface area contributed by atoms with Crippen LogP contribution in [0.4, 0.5) is 0 Å². The average Bonchev–Trinajstić information content (AvgIpc) is 4.00. The zero-order chi connectivity index (χ0) is 41.2. The van der Waals surface area contributed by atoms with E-state index < -0.39 is 0 Å². The highest BCUT2D eigenvalue weighted by Gasteiger charge is 2.23. The molecule has 0 aliphatic heterocycles. The van der Waals surface area contributed by atoms with Crippen molar-refractivity contribution in [1.82, 2.24) is 19.1 Å². The molecule has 0 fully saturated rings. The van der Waals surface area contributed by atoms with E-state index in [2.05, 4.69) is 179 Å². The predicted molar refractivity (Wildman–Crippen MR) is 261 cm³/mol. The van der Waals surface area contributed by atoms with Crippen LogP contribution in [0.1, 0.15) is 0 Å². The van der Waals surface area contributed by atoms with Crippen molar-refractivity contribution in [3.8, 4) is 33.9 Å². The molecule has 5 nitrogen and oxygen atoms in total. The van der Waals surface area contributed by atoms with Gasteiger partial charge in [0.05, 0.1) is 50.2 Å². The number of rotatable bonds is 4. The van der Waals surface area contributed by atoms with Crippen LogP contribution >= 0.6 is 0 Å². The van der Waals surface area contributed by atoms with Crippen molar-refractivity contribution < 1.29 is 4.42 Å². The summed E-state index contributed by atoms with van der Waals surface area (Å²) in [7, 11) is 0. The summed E-state index contributed by atoms with van der Waals surface area (Å²) in [5.74, 6) is 0. The van der Waals surface area contributed by atoms with E-state index in [1.165, 1.54) is 59.8 Å². The summed E-state index contributed by atoms with van der Waals surface area (Å²) in [6.45, 7) is 0. The third-order valence-electron chi connectivity index (χ3n) is 13.1. The van der Waals surface area contributed by atoms with Crippen molar-refractivity contribution in [3.05, 3.63) is 206 Å². The van der Waals surface area contributed by atoms with Crippen molar-refractivity contribution in [2.75, 3.05) is 0 Å². The summed E-state index contributed by atoms with van der Waals surface area (Å²) < 4.78 is 11.2. The van der Waals surface area contributed by atoms with Crippen LogP contribution in [0.3, 0.4) is 0 Å². The molecule has 0 radical (unpaired) electrons. The van der Waals surface area contributed by atoms with Crippen LogP contribution in [-0.4, -0.2) is 19.1 Å². The molecule has 63 heavy (non-hydrogen) atoms. The number of aromatic nitrogens is 4. The highest BCUT2D eigenvalue weighted by molar-refractivity contribution is 6.25. The van der Waals surface area contributed by atoms with Gasteiger partial charge in [-0.25, -0.2) is 9.97 Å². The molecule has 292 valence electrons. The van der Waals surface area contributed by atoms with Gasteiger partial charge in [0, 0.05) is 54.5 Å². The van der Waals surface area contributed by atoms with Gasteiger partial charge in [-0.3, -0.25) is 0 Å². The quantitative estimate of drug-likeness (QED) is 0.178.